The third kappa shape index (κ3) is 2.94. The van der Waals surface area contributed by atoms with Crippen molar-refractivity contribution >= 4 is 10.9 Å². The molecule has 0 saturated heterocycles. The van der Waals surface area contributed by atoms with Crippen molar-refractivity contribution in [1.82, 2.24) is 14.5 Å². The first-order valence-corrected chi connectivity index (χ1v) is 7.18. The lowest BCUT2D eigenvalue weighted by atomic mass is 10.2. The molecule has 3 rings (SSSR count). The van der Waals surface area contributed by atoms with E-state index in [4.69, 9.17) is 0 Å². The van der Waals surface area contributed by atoms with E-state index in [2.05, 4.69) is 76.5 Å². The Morgan fingerprint density at radius 3 is 2.80 bits per heavy atom. The lowest BCUT2D eigenvalue weighted by molar-refractivity contribution is 0.590. The molecule has 0 aliphatic rings. The van der Waals surface area contributed by atoms with E-state index in [1.165, 1.54) is 16.5 Å². The first-order chi connectivity index (χ1) is 9.83. The average Bonchev–Trinajstić information content (AvgIpc) is 3.05. The monoisotopic (exact) mass is 267 g/mol. The van der Waals surface area contributed by atoms with Crippen molar-refractivity contribution < 1.29 is 0 Å². The van der Waals surface area contributed by atoms with Gasteiger partial charge in [0.15, 0.2) is 0 Å². The van der Waals surface area contributed by atoms with Gasteiger partial charge in [0.05, 0.1) is 0 Å². The molecule has 0 aliphatic carbocycles. The number of hydrogen-bond donors (Lipinski definition) is 1. The number of para-hydroxylation sites is 1. The summed E-state index contributed by atoms with van der Waals surface area (Å²) in [6, 6.07) is 12.9. The van der Waals surface area contributed by atoms with Gasteiger partial charge < -0.3 is 14.5 Å². The van der Waals surface area contributed by atoms with E-state index in [1.807, 2.05) is 0 Å². The highest BCUT2D eigenvalue weighted by atomic mass is 15.0. The fraction of sp³-hybridized carbons (Fsp3) is 0.294. The van der Waals surface area contributed by atoms with Crippen LogP contribution in [0, 0.1) is 0 Å². The lowest BCUT2D eigenvalue weighted by Gasteiger charge is -2.06. The molecule has 0 spiro atoms. The van der Waals surface area contributed by atoms with Crippen LogP contribution in [0.1, 0.15) is 12.0 Å². The van der Waals surface area contributed by atoms with Gasteiger partial charge in [-0.15, -0.1) is 0 Å². The number of fused-ring (bicyclic) bond motifs is 1. The fourth-order valence-corrected chi connectivity index (χ4v) is 2.61. The number of benzene rings is 1. The summed E-state index contributed by atoms with van der Waals surface area (Å²) >= 11 is 0. The molecule has 3 heteroatoms. The number of hydrogen-bond acceptors (Lipinski definition) is 1. The summed E-state index contributed by atoms with van der Waals surface area (Å²) in [7, 11) is 2.06. The van der Waals surface area contributed by atoms with Crippen LogP contribution in [0.3, 0.4) is 0 Å². The van der Waals surface area contributed by atoms with Crippen LogP contribution in [0.4, 0.5) is 0 Å². The highest BCUT2D eigenvalue weighted by Crippen LogP contribution is 2.15. The van der Waals surface area contributed by atoms with Crippen molar-refractivity contribution in [3.05, 3.63) is 60.6 Å². The van der Waals surface area contributed by atoms with E-state index >= 15 is 0 Å². The predicted molar refractivity (Wildman–Crippen MR) is 83.7 cm³/mol. The standard InChI is InChI=1S/C17H21N3/c1-19-11-7-15(14-19)13-18-9-4-10-20-12-8-16-5-2-3-6-17(16)20/h2-3,5-8,11-12,14,18H,4,9-10,13H2,1H3. The largest absolute Gasteiger partial charge is 0.357 e. The molecule has 0 radical (unpaired) electrons. The van der Waals surface area contributed by atoms with Crippen molar-refractivity contribution in [3.8, 4) is 0 Å². The molecule has 3 nitrogen and oxygen atoms in total. The number of nitrogens with zero attached hydrogens (tertiary/aromatic N) is 2. The summed E-state index contributed by atoms with van der Waals surface area (Å²) in [6.07, 6.45) is 7.57. The number of nitrogens with one attached hydrogen (secondary N) is 1. The Kier molecular flexibility index (Phi) is 3.88. The maximum atomic E-state index is 3.50. The van der Waals surface area contributed by atoms with E-state index in [-0.39, 0.29) is 0 Å². The molecule has 0 aliphatic heterocycles. The van der Waals surface area contributed by atoms with Gasteiger partial charge in [0.1, 0.15) is 0 Å². The minimum absolute atomic E-state index is 0.952. The molecule has 20 heavy (non-hydrogen) atoms. The molecule has 104 valence electrons. The smallest absolute Gasteiger partial charge is 0.0480 e. The SMILES string of the molecule is Cn1ccc(CNCCCn2ccc3ccccc32)c1. The highest BCUT2D eigenvalue weighted by Gasteiger charge is 1.99. The first kappa shape index (κ1) is 13.0. The molecule has 0 atom stereocenters. The molecule has 0 saturated carbocycles. The van der Waals surface area contributed by atoms with Crippen molar-refractivity contribution in [3.63, 3.8) is 0 Å². The van der Waals surface area contributed by atoms with Gasteiger partial charge in [0.2, 0.25) is 0 Å². The summed E-state index contributed by atoms with van der Waals surface area (Å²) in [5.41, 5.74) is 2.68. The second-order valence-corrected chi connectivity index (χ2v) is 5.28. The molecular weight excluding hydrogens is 246 g/mol. The summed E-state index contributed by atoms with van der Waals surface area (Å²) < 4.78 is 4.42. The first-order valence-electron chi connectivity index (χ1n) is 7.18. The van der Waals surface area contributed by atoms with Gasteiger partial charge in [-0.1, -0.05) is 18.2 Å². The Bertz CT molecular complexity index is 678. The molecule has 0 fully saturated rings. The van der Waals surface area contributed by atoms with Gasteiger partial charge in [-0.2, -0.15) is 0 Å². The van der Waals surface area contributed by atoms with Gasteiger partial charge in [0.25, 0.3) is 0 Å². The molecule has 1 aromatic carbocycles. The zero-order valence-corrected chi connectivity index (χ0v) is 11.9. The summed E-state index contributed by atoms with van der Waals surface area (Å²) in [6.45, 7) is 3.06. The van der Waals surface area contributed by atoms with Crippen molar-refractivity contribution in [1.29, 1.82) is 0 Å². The quantitative estimate of drug-likeness (QED) is 0.681. The van der Waals surface area contributed by atoms with Crippen molar-refractivity contribution in [2.45, 2.75) is 19.5 Å². The molecule has 2 aromatic heterocycles. The topological polar surface area (TPSA) is 21.9 Å². The Hall–Kier alpha value is -2.00. The Morgan fingerprint density at radius 2 is 1.95 bits per heavy atom. The molecule has 0 amide bonds. The Morgan fingerprint density at radius 1 is 1.05 bits per heavy atom. The van der Waals surface area contributed by atoms with Crippen LogP contribution in [0.25, 0.3) is 10.9 Å². The van der Waals surface area contributed by atoms with E-state index in [1.54, 1.807) is 0 Å². The minimum atomic E-state index is 0.952. The van der Waals surface area contributed by atoms with Crippen LogP contribution >= 0.6 is 0 Å². The second kappa shape index (κ2) is 5.97. The van der Waals surface area contributed by atoms with Gasteiger partial charge >= 0.3 is 0 Å². The van der Waals surface area contributed by atoms with Crippen LogP contribution in [0.5, 0.6) is 0 Å². The molecule has 2 heterocycles. The van der Waals surface area contributed by atoms with Gasteiger partial charge in [-0.25, -0.2) is 0 Å². The maximum absolute atomic E-state index is 3.50. The second-order valence-electron chi connectivity index (χ2n) is 5.28. The Balaban J connectivity index is 1.46. The van der Waals surface area contributed by atoms with E-state index in [9.17, 15) is 0 Å². The summed E-state index contributed by atoms with van der Waals surface area (Å²) in [5.74, 6) is 0. The molecule has 0 unspecified atom stereocenters. The number of aromatic nitrogens is 2. The highest BCUT2D eigenvalue weighted by molar-refractivity contribution is 5.79. The molecule has 1 N–H and O–H groups in total. The minimum Gasteiger partial charge on any atom is -0.357 e. The zero-order valence-electron chi connectivity index (χ0n) is 11.9. The third-order valence-electron chi connectivity index (χ3n) is 3.66. The molecule has 0 bridgehead atoms. The van der Waals surface area contributed by atoms with Gasteiger partial charge in [-0.05, 0) is 42.1 Å². The summed E-state index contributed by atoms with van der Waals surface area (Å²) in [5, 5.41) is 4.82. The van der Waals surface area contributed by atoms with Gasteiger partial charge in [-0.3, -0.25) is 0 Å². The maximum Gasteiger partial charge on any atom is 0.0480 e. The number of aryl methyl sites for hydroxylation is 2. The molecule has 3 aromatic rings. The van der Waals surface area contributed by atoms with Crippen molar-refractivity contribution in [2.75, 3.05) is 6.54 Å². The lowest BCUT2D eigenvalue weighted by Crippen LogP contribution is -2.16. The fourth-order valence-electron chi connectivity index (χ4n) is 2.61. The summed E-state index contributed by atoms with van der Waals surface area (Å²) in [4.78, 5) is 0. The zero-order chi connectivity index (χ0) is 13.8. The Labute approximate surface area is 119 Å². The van der Waals surface area contributed by atoms with Crippen LogP contribution in [-0.2, 0) is 20.1 Å². The van der Waals surface area contributed by atoms with Crippen LogP contribution in [0.2, 0.25) is 0 Å². The predicted octanol–water partition coefficient (Wildman–Crippen LogP) is 3.16. The van der Waals surface area contributed by atoms with E-state index in [0.717, 1.165) is 26.1 Å². The third-order valence-corrected chi connectivity index (χ3v) is 3.66. The average molecular weight is 267 g/mol. The van der Waals surface area contributed by atoms with Crippen LogP contribution in [-0.4, -0.2) is 15.7 Å². The molecular formula is C17H21N3. The van der Waals surface area contributed by atoms with Crippen molar-refractivity contribution in [2.24, 2.45) is 7.05 Å². The van der Waals surface area contributed by atoms with Gasteiger partial charge in [0, 0.05) is 44.2 Å². The van der Waals surface area contributed by atoms with E-state index < -0.39 is 0 Å². The van der Waals surface area contributed by atoms with Crippen LogP contribution < -0.4 is 5.32 Å². The number of rotatable bonds is 6. The van der Waals surface area contributed by atoms with Crippen LogP contribution in [0.15, 0.2) is 55.0 Å². The normalized spacial score (nSPS) is 11.2. The van der Waals surface area contributed by atoms with E-state index in [0.29, 0.717) is 0 Å².